The van der Waals surface area contributed by atoms with Crippen LogP contribution in [0.4, 0.5) is 5.69 Å². The van der Waals surface area contributed by atoms with Crippen LogP contribution in [-0.2, 0) is 6.42 Å². The minimum atomic E-state index is 0.769. The number of hydrogen-bond acceptors (Lipinski definition) is 2. The molecule has 2 heteroatoms. The lowest BCUT2D eigenvalue weighted by molar-refractivity contribution is 0.780. The number of nitrogens with zero attached hydrogens (tertiary/aromatic N) is 1. The number of anilines is 1. The minimum Gasteiger partial charge on any atom is -0.397 e. The average Bonchev–Trinajstić information content (AvgIpc) is 2.27. The Hall–Kier alpha value is -1.57. The van der Waals surface area contributed by atoms with Gasteiger partial charge in [0.05, 0.1) is 11.2 Å². The molecule has 78 valence electrons. The summed E-state index contributed by atoms with van der Waals surface area (Å²) in [7, 11) is 0. The van der Waals surface area contributed by atoms with E-state index in [2.05, 4.69) is 24.0 Å². The van der Waals surface area contributed by atoms with Gasteiger partial charge in [-0.05, 0) is 25.0 Å². The monoisotopic (exact) mass is 200 g/mol. The molecule has 0 aliphatic carbocycles. The summed E-state index contributed by atoms with van der Waals surface area (Å²) in [6.45, 7) is 2.19. The van der Waals surface area contributed by atoms with Gasteiger partial charge in [-0.25, -0.2) is 0 Å². The SMILES string of the molecule is CCCCc1ccc2cccc(N)c2n1. The third kappa shape index (κ3) is 2.09. The van der Waals surface area contributed by atoms with E-state index in [0.29, 0.717) is 0 Å². The fourth-order valence-corrected chi connectivity index (χ4v) is 1.71. The molecule has 0 amide bonds. The molecular formula is C13H16N2. The number of para-hydroxylation sites is 1. The number of nitrogens with two attached hydrogens (primary N) is 1. The van der Waals surface area contributed by atoms with Gasteiger partial charge in [0, 0.05) is 11.1 Å². The topological polar surface area (TPSA) is 38.9 Å². The lowest BCUT2D eigenvalue weighted by atomic mass is 10.1. The number of aromatic nitrogens is 1. The fourth-order valence-electron chi connectivity index (χ4n) is 1.71. The molecule has 1 aromatic carbocycles. The van der Waals surface area contributed by atoms with Gasteiger partial charge in [0.25, 0.3) is 0 Å². The molecule has 0 aliphatic heterocycles. The Kier molecular flexibility index (Phi) is 2.86. The van der Waals surface area contributed by atoms with Gasteiger partial charge in [-0.1, -0.05) is 31.5 Å². The smallest absolute Gasteiger partial charge is 0.0934 e. The first kappa shape index (κ1) is 9.97. The summed E-state index contributed by atoms with van der Waals surface area (Å²) < 4.78 is 0. The molecule has 1 aromatic heterocycles. The molecule has 2 N–H and O–H groups in total. The van der Waals surface area contributed by atoms with Gasteiger partial charge in [0.2, 0.25) is 0 Å². The van der Waals surface area contributed by atoms with Crippen LogP contribution in [0.15, 0.2) is 30.3 Å². The van der Waals surface area contributed by atoms with Crippen molar-refractivity contribution in [2.75, 3.05) is 5.73 Å². The van der Waals surface area contributed by atoms with Crippen molar-refractivity contribution in [2.45, 2.75) is 26.2 Å². The highest BCUT2D eigenvalue weighted by Gasteiger charge is 2.00. The summed E-state index contributed by atoms with van der Waals surface area (Å²) in [6.07, 6.45) is 3.43. The maximum Gasteiger partial charge on any atom is 0.0934 e. The molecule has 0 saturated carbocycles. The lowest BCUT2D eigenvalue weighted by Gasteiger charge is -2.04. The average molecular weight is 200 g/mol. The Morgan fingerprint density at radius 1 is 1.20 bits per heavy atom. The van der Waals surface area contributed by atoms with E-state index in [1.165, 1.54) is 12.8 Å². The zero-order valence-electron chi connectivity index (χ0n) is 9.03. The van der Waals surface area contributed by atoms with E-state index < -0.39 is 0 Å². The third-order valence-corrected chi connectivity index (χ3v) is 2.60. The molecule has 0 fully saturated rings. The zero-order chi connectivity index (χ0) is 10.7. The summed E-state index contributed by atoms with van der Waals surface area (Å²) in [5, 5.41) is 1.12. The van der Waals surface area contributed by atoms with Gasteiger partial charge in [-0.15, -0.1) is 0 Å². The summed E-state index contributed by atoms with van der Waals surface area (Å²) in [5.74, 6) is 0. The number of rotatable bonds is 3. The van der Waals surface area contributed by atoms with Crippen LogP contribution in [0.2, 0.25) is 0 Å². The first-order valence-electron chi connectivity index (χ1n) is 5.45. The molecule has 0 saturated heterocycles. The van der Waals surface area contributed by atoms with E-state index in [4.69, 9.17) is 5.73 Å². The van der Waals surface area contributed by atoms with Crippen LogP contribution in [0.3, 0.4) is 0 Å². The lowest BCUT2D eigenvalue weighted by Crippen LogP contribution is -1.94. The van der Waals surface area contributed by atoms with E-state index in [-0.39, 0.29) is 0 Å². The van der Waals surface area contributed by atoms with Crippen molar-refractivity contribution in [3.05, 3.63) is 36.0 Å². The molecule has 0 bridgehead atoms. The standard InChI is InChI=1S/C13H16N2/c1-2-3-6-11-9-8-10-5-4-7-12(14)13(10)15-11/h4-5,7-9H,2-3,6,14H2,1H3. The second-order valence-corrected chi connectivity index (χ2v) is 3.83. The van der Waals surface area contributed by atoms with Crippen molar-refractivity contribution >= 4 is 16.6 Å². The molecule has 0 spiro atoms. The maximum absolute atomic E-state index is 5.89. The van der Waals surface area contributed by atoms with E-state index >= 15 is 0 Å². The molecule has 1 heterocycles. The summed E-state index contributed by atoms with van der Waals surface area (Å²) in [6, 6.07) is 10.1. The van der Waals surface area contributed by atoms with Crippen molar-refractivity contribution < 1.29 is 0 Å². The molecule has 2 aromatic rings. The second-order valence-electron chi connectivity index (χ2n) is 3.83. The van der Waals surface area contributed by atoms with Gasteiger partial charge in [0.15, 0.2) is 0 Å². The Morgan fingerprint density at radius 2 is 2.07 bits per heavy atom. The van der Waals surface area contributed by atoms with Crippen molar-refractivity contribution in [1.29, 1.82) is 0 Å². The highest BCUT2D eigenvalue weighted by atomic mass is 14.7. The molecule has 0 unspecified atom stereocenters. The van der Waals surface area contributed by atoms with Crippen LogP contribution in [-0.4, -0.2) is 4.98 Å². The van der Waals surface area contributed by atoms with Gasteiger partial charge in [0.1, 0.15) is 0 Å². The van der Waals surface area contributed by atoms with Gasteiger partial charge >= 0.3 is 0 Å². The number of nitrogen functional groups attached to an aromatic ring is 1. The molecular weight excluding hydrogens is 184 g/mol. The normalized spacial score (nSPS) is 10.7. The first-order valence-corrected chi connectivity index (χ1v) is 5.45. The van der Waals surface area contributed by atoms with Crippen LogP contribution >= 0.6 is 0 Å². The number of unbranched alkanes of at least 4 members (excludes halogenated alkanes) is 1. The van der Waals surface area contributed by atoms with Gasteiger partial charge in [-0.3, -0.25) is 4.98 Å². The number of hydrogen-bond donors (Lipinski definition) is 1. The number of fused-ring (bicyclic) bond motifs is 1. The van der Waals surface area contributed by atoms with Crippen LogP contribution in [0.5, 0.6) is 0 Å². The Bertz CT molecular complexity index is 463. The molecule has 2 rings (SSSR count). The van der Waals surface area contributed by atoms with E-state index in [9.17, 15) is 0 Å². The van der Waals surface area contributed by atoms with E-state index in [0.717, 1.165) is 28.7 Å². The third-order valence-electron chi connectivity index (χ3n) is 2.60. The predicted octanol–water partition coefficient (Wildman–Crippen LogP) is 3.16. The van der Waals surface area contributed by atoms with Crippen LogP contribution in [0.1, 0.15) is 25.5 Å². The Labute approximate surface area is 90.1 Å². The highest BCUT2D eigenvalue weighted by molar-refractivity contribution is 5.89. The quantitative estimate of drug-likeness (QED) is 0.773. The van der Waals surface area contributed by atoms with Gasteiger partial charge < -0.3 is 5.73 Å². The molecule has 0 aliphatic rings. The van der Waals surface area contributed by atoms with Gasteiger partial charge in [-0.2, -0.15) is 0 Å². The Balaban J connectivity index is 2.41. The molecule has 2 nitrogen and oxygen atoms in total. The van der Waals surface area contributed by atoms with E-state index in [1.807, 2.05) is 18.2 Å². The van der Waals surface area contributed by atoms with Crippen LogP contribution in [0, 0.1) is 0 Å². The molecule has 0 atom stereocenters. The largest absolute Gasteiger partial charge is 0.397 e. The summed E-state index contributed by atoms with van der Waals surface area (Å²) in [4.78, 5) is 4.59. The van der Waals surface area contributed by atoms with Crippen molar-refractivity contribution in [2.24, 2.45) is 0 Å². The van der Waals surface area contributed by atoms with E-state index in [1.54, 1.807) is 0 Å². The summed E-state index contributed by atoms with van der Waals surface area (Å²) >= 11 is 0. The number of aryl methyl sites for hydroxylation is 1. The van der Waals surface area contributed by atoms with Crippen molar-refractivity contribution in [3.8, 4) is 0 Å². The second kappa shape index (κ2) is 4.30. The van der Waals surface area contributed by atoms with Crippen molar-refractivity contribution in [1.82, 2.24) is 4.98 Å². The fraction of sp³-hybridized carbons (Fsp3) is 0.308. The molecule has 15 heavy (non-hydrogen) atoms. The number of pyridine rings is 1. The van der Waals surface area contributed by atoms with Crippen molar-refractivity contribution in [3.63, 3.8) is 0 Å². The van der Waals surface area contributed by atoms with Crippen LogP contribution < -0.4 is 5.73 Å². The first-order chi connectivity index (χ1) is 7.31. The maximum atomic E-state index is 5.89. The summed E-state index contributed by atoms with van der Waals surface area (Å²) in [5.41, 5.74) is 8.74. The highest BCUT2D eigenvalue weighted by Crippen LogP contribution is 2.19. The minimum absolute atomic E-state index is 0.769. The predicted molar refractivity (Wildman–Crippen MR) is 64.8 cm³/mol. The number of benzene rings is 1. The molecule has 0 radical (unpaired) electrons. The Morgan fingerprint density at radius 3 is 2.87 bits per heavy atom. The van der Waals surface area contributed by atoms with Crippen LogP contribution in [0.25, 0.3) is 10.9 Å². The zero-order valence-corrected chi connectivity index (χ0v) is 9.03.